The molecular formula is C17H13F4NO. The van der Waals surface area contributed by atoms with Gasteiger partial charge in [0.15, 0.2) is 0 Å². The monoisotopic (exact) mass is 323 g/mol. The highest BCUT2D eigenvalue weighted by Gasteiger charge is 2.45. The van der Waals surface area contributed by atoms with Gasteiger partial charge in [-0.1, -0.05) is 60.7 Å². The standard InChI is InChI=1S/C17H13F4NO/c18-15(17(19,20)21)16(23)22-11-14(12-7-3-1-4-8-12)13-9-5-2-6-10-13/h1-11,15H,(H,22,23). The molecule has 0 heterocycles. The fourth-order valence-electron chi connectivity index (χ4n) is 1.93. The summed E-state index contributed by atoms with van der Waals surface area (Å²) < 4.78 is 49.6. The summed E-state index contributed by atoms with van der Waals surface area (Å²) in [5.41, 5.74) is 1.84. The SMILES string of the molecule is O=C(NC=C(c1ccccc1)c1ccccc1)C(F)C(F)(F)F. The number of nitrogens with one attached hydrogen (secondary N) is 1. The Labute approximate surface area is 130 Å². The fourth-order valence-corrected chi connectivity index (χ4v) is 1.93. The van der Waals surface area contributed by atoms with E-state index in [-0.39, 0.29) is 0 Å². The molecule has 120 valence electrons. The van der Waals surface area contributed by atoms with Crippen molar-refractivity contribution in [2.75, 3.05) is 0 Å². The minimum absolute atomic E-state index is 0.480. The maximum Gasteiger partial charge on any atom is 0.428 e. The maximum absolute atomic E-state index is 13.0. The maximum atomic E-state index is 13.0. The van der Waals surface area contributed by atoms with Crippen LogP contribution < -0.4 is 5.32 Å². The molecule has 6 heteroatoms. The van der Waals surface area contributed by atoms with Gasteiger partial charge in [0.25, 0.3) is 12.1 Å². The lowest BCUT2D eigenvalue weighted by atomic mass is 9.99. The van der Waals surface area contributed by atoms with Gasteiger partial charge >= 0.3 is 6.18 Å². The van der Waals surface area contributed by atoms with Gasteiger partial charge in [-0.15, -0.1) is 0 Å². The molecule has 2 aromatic rings. The van der Waals surface area contributed by atoms with E-state index in [1.54, 1.807) is 60.7 Å². The summed E-state index contributed by atoms with van der Waals surface area (Å²) in [5.74, 6) is -1.75. The molecule has 2 aromatic carbocycles. The topological polar surface area (TPSA) is 29.1 Å². The third kappa shape index (κ3) is 4.42. The minimum atomic E-state index is -5.22. The number of halogens is 4. The summed E-state index contributed by atoms with van der Waals surface area (Å²) >= 11 is 0. The molecule has 2 rings (SSSR count). The Bertz CT molecular complexity index is 639. The normalized spacial score (nSPS) is 12.3. The molecule has 0 aliphatic heterocycles. The van der Waals surface area contributed by atoms with Gasteiger partial charge in [0.1, 0.15) is 0 Å². The number of carbonyl (C=O) groups is 1. The molecule has 0 saturated heterocycles. The Hall–Kier alpha value is -2.63. The highest BCUT2D eigenvalue weighted by molar-refractivity contribution is 5.86. The molecule has 0 aliphatic rings. The van der Waals surface area contributed by atoms with Crippen molar-refractivity contribution in [3.63, 3.8) is 0 Å². The first-order valence-corrected chi connectivity index (χ1v) is 6.72. The quantitative estimate of drug-likeness (QED) is 0.844. The van der Waals surface area contributed by atoms with Crippen LogP contribution >= 0.6 is 0 Å². The molecule has 0 aliphatic carbocycles. The number of benzene rings is 2. The lowest BCUT2D eigenvalue weighted by molar-refractivity contribution is -0.186. The second kappa shape index (κ2) is 7.09. The average Bonchev–Trinajstić information content (AvgIpc) is 2.55. The molecule has 0 radical (unpaired) electrons. The van der Waals surface area contributed by atoms with Crippen molar-refractivity contribution < 1.29 is 22.4 Å². The van der Waals surface area contributed by atoms with Crippen molar-refractivity contribution in [1.29, 1.82) is 0 Å². The van der Waals surface area contributed by atoms with E-state index < -0.39 is 18.3 Å². The number of rotatable bonds is 4. The zero-order chi connectivity index (χ0) is 16.9. The third-order valence-corrected chi connectivity index (χ3v) is 3.05. The number of hydrogen-bond acceptors (Lipinski definition) is 1. The van der Waals surface area contributed by atoms with E-state index in [1.165, 1.54) is 0 Å². The number of alkyl halides is 4. The van der Waals surface area contributed by atoms with Crippen LogP contribution in [0.1, 0.15) is 11.1 Å². The van der Waals surface area contributed by atoms with E-state index in [0.717, 1.165) is 6.20 Å². The molecule has 0 bridgehead atoms. The molecule has 1 atom stereocenters. The smallest absolute Gasteiger partial charge is 0.329 e. The van der Waals surface area contributed by atoms with Crippen LogP contribution in [0.5, 0.6) is 0 Å². The first-order valence-electron chi connectivity index (χ1n) is 6.72. The van der Waals surface area contributed by atoms with Gasteiger partial charge in [0.05, 0.1) is 0 Å². The zero-order valence-electron chi connectivity index (χ0n) is 11.8. The predicted molar refractivity (Wildman–Crippen MR) is 79.1 cm³/mol. The Morgan fingerprint density at radius 3 is 1.74 bits per heavy atom. The zero-order valence-corrected chi connectivity index (χ0v) is 11.8. The summed E-state index contributed by atoms with van der Waals surface area (Å²) in [6.45, 7) is 0. The predicted octanol–water partition coefficient (Wildman–Crippen LogP) is 4.09. The van der Waals surface area contributed by atoms with Crippen molar-refractivity contribution in [3.8, 4) is 0 Å². The van der Waals surface area contributed by atoms with Crippen LogP contribution in [0, 0.1) is 0 Å². The Morgan fingerprint density at radius 1 is 0.913 bits per heavy atom. The van der Waals surface area contributed by atoms with Gasteiger partial charge in [-0.2, -0.15) is 13.2 Å². The summed E-state index contributed by atoms with van der Waals surface area (Å²) in [6, 6.07) is 17.5. The Balaban J connectivity index is 2.30. The molecule has 2 nitrogen and oxygen atoms in total. The van der Waals surface area contributed by atoms with Crippen LogP contribution in [-0.4, -0.2) is 18.3 Å². The molecule has 0 aromatic heterocycles. The molecular weight excluding hydrogens is 310 g/mol. The molecule has 0 fully saturated rings. The van der Waals surface area contributed by atoms with Gasteiger partial charge < -0.3 is 5.32 Å². The number of amides is 1. The lowest BCUT2D eigenvalue weighted by Crippen LogP contribution is -2.39. The van der Waals surface area contributed by atoms with Crippen LogP contribution in [0.2, 0.25) is 0 Å². The van der Waals surface area contributed by atoms with E-state index in [4.69, 9.17) is 0 Å². The summed E-state index contributed by atoms with van der Waals surface area (Å²) in [4.78, 5) is 11.3. The summed E-state index contributed by atoms with van der Waals surface area (Å²) in [7, 11) is 0. The molecule has 1 amide bonds. The van der Waals surface area contributed by atoms with Gasteiger partial charge in [0.2, 0.25) is 0 Å². The molecule has 1 N–H and O–H groups in total. The summed E-state index contributed by atoms with van der Waals surface area (Å²) in [6.07, 6.45) is -7.70. The Morgan fingerprint density at radius 2 is 1.35 bits per heavy atom. The van der Waals surface area contributed by atoms with Crippen molar-refractivity contribution in [1.82, 2.24) is 5.32 Å². The second-order valence-electron chi connectivity index (χ2n) is 4.70. The second-order valence-corrected chi connectivity index (χ2v) is 4.70. The van der Waals surface area contributed by atoms with Crippen LogP contribution in [-0.2, 0) is 4.79 Å². The van der Waals surface area contributed by atoms with Crippen LogP contribution in [0.3, 0.4) is 0 Å². The highest BCUT2D eigenvalue weighted by Crippen LogP contribution is 2.24. The molecule has 1 unspecified atom stereocenters. The average molecular weight is 323 g/mol. The van der Waals surface area contributed by atoms with E-state index in [9.17, 15) is 22.4 Å². The van der Waals surface area contributed by atoms with Crippen molar-refractivity contribution >= 4 is 11.5 Å². The van der Waals surface area contributed by atoms with Crippen molar-refractivity contribution in [2.45, 2.75) is 12.3 Å². The number of carbonyl (C=O) groups excluding carboxylic acids is 1. The van der Waals surface area contributed by atoms with E-state index in [0.29, 0.717) is 16.7 Å². The first kappa shape index (κ1) is 16.7. The van der Waals surface area contributed by atoms with Gasteiger partial charge in [0, 0.05) is 11.8 Å². The number of hydrogen-bond donors (Lipinski definition) is 1. The minimum Gasteiger partial charge on any atom is -0.329 e. The van der Waals surface area contributed by atoms with Gasteiger partial charge in [-0.05, 0) is 11.1 Å². The molecule has 0 saturated carbocycles. The lowest BCUT2D eigenvalue weighted by Gasteiger charge is -2.12. The molecule has 23 heavy (non-hydrogen) atoms. The van der Waals surface area contributed by atoms with Crippen LogP contribution in [0.4, 0.5) is 17.6 Å². The highest BCUT2D eigenvalue weighted by atomic mass is 19.4. The third-order valence-electron chi connectivity index (χ3n) is 3.05. The van der Waals surface area contributed by atoms with Gasteiger partial charge in [-0.3, -0.25) is 4.79 Å². The summed E-state index contributed by atoms with van der Waals surface area (Å²) in [5, 5.41) is 1.89. The Kier molecular flexibility index (Phi) is 5.16. The van der Waals surface area contributed by atoms with Crippen LogP contribution in [0.25, 0.3) is 5.57 Å². The van der Waals surface area contributed by atoms with Crippen molar-refractivity contribution in [2.24, 2.45) is 0 Å². The van der Waals surface area contributed by atoms with E-state index in [2.05, 4.69) is 0 Å². The van der Waals surface area contributed by atoms with Crippen molar-refractivity contribution in [3.05, 3.63) is 78.0 Å². The largest absolute Gasteiger partial charge is 0.428 e. The van der Waals surface area contributed by atoms with E-state index >= 15 is 0 Å². The van der Waals surface area contributed by atoms with Crippen LogP contribution in [0.15, 0.2) is 66.9 Å². The molecule has 0 spiro atoms. The van der Waals surface area contributed by atoms with E-state index in [1.807, 2.05) is 5.32 Å². The van der Waals surface area contributed by atoms with Gasteiger partial charge in [-0.25, -0.2) is 4.39 Å². The fraction of sp³-hybridized carbons (Fsp3) is 0.118. The first-order chi connectivity index (χ1) is 10.9.